The highest BCUT2D eigenvalue weighted by Crippen LogP contribution is 2.49. The van der Waals surface area contributed by atoms with Crippen LogP contribution >= 0.6 is 11.6 Å². The standard InChI is InChI=1S/C20H27ClN2O/c21-19-3-1-2-16(12-19)14-22-6-8-23(9-7-22)20(24)13-18-11-15-4-5-17(18)10-15/h1-3,12,15,17-18H,4-11,13-14H2. The summed E-state index contributed by atoms with van der Waals surface area (Å²) in [5.74, 6) is 2.86. The molecule has 3 fully saturated rings. The van der Waals surface area contributed by atoms with Crippen LogP contribution < -0.4 is 0 Å². The second kappa shape index (κ2) is 7.05. The van der Waals surface area contributed by atoms with Gasteiger partial charge >= 0.3 is 0 Å². The Kier molecular flexibility index (Phi) is 4.82. The summed E-state index contributed by atoms with van der Waals surface area (Å²) in [6.07, 6.45) is 6.29. The molecular formula is C20H27ClN2O. The molecule has 1 aromatic carbocycles. The van der Waals surface area contributed by atoms with Crippen molar-refractivity contribution in [3.05, 3.63) is 34.9 Å². The zero-order valence-electron chi connectivity index (χ0n) is 14.3. The van der Waals surface area contributed by atoms with Gasteiger partial charge in [0.25, 0.3) is 0 Å². The van der Waals surface area contributed by atoms with Crippen molar-refractivity contribution in [1.82, 2.24) is 9.80 Å². The van der Waals surface area contributed by atoms with Gasteiger partial charge in [-0.2, -0.15) is 0 Å². The molecule has 0 spiro atoms. The highest BCUT2D eigenvalue weighted by Gasteiger charge is 2.40. The van der Waals surface area contributed by atoms with E-state index in [2.05, 4.69) is 15.9 Å². The first kappa shape index (κ1) is 16.4. The topological polar surface area (TPSA) is 23.6 Å². The van der Waals surface area contributed by atoms with Crippen molar-refractivity contribution in [2.75, 3.05) is 26.2 Å². The summed E-state index contributed by atoms with van der Waals surface area (Å²) in [6, 6.07) is 8.08. The Hall–Kier alpha value is -1.06. The van der Waals surface area contributed by atoms with Crippen LogP contribution in [0.1, 0.15) is 37.7 Å². The van der Waals surface area contributed by atoms with Crippen molar-refractivity contribution in [3.8, 4) is 0 Å². The Labute approximate surface area is 150 Å². The number of piperazine rings is 1. The molecular weight excluding hydrogens is 320 g/mol. The molecule has 1 aliphatic heterocycles. The number of fused-ring (bicyclic) bond motifs is 2. The smallest absolute Gasteiger partial charge is 0.222 e. The zero-order chi connectivity index (χ0) is 16.5. The minimum atomic E-state index is 0.398. The lowest BCUT2D eigenvalue weighted by Gasteiger charge is -2.35. The zero-order valence-corrected chi connectivity index (χ0v) is 15.0. The van der Waals surface area contributed by atoms with Crippen molar-refractivity contribution >= 4 is 17.5 Å². The fourth-order valence-electron chi connectivity index (χ4n) is 5.03. The molecule has 1 amide bonds. The maximum absolute atomic E-state index is 12.6. The van der Waals surface area contributed by atoms with E-state index in [1.807, 2.05) is 18.2 Å². The maximum Gasteiger partial charge on any atom is 0.222 e. The molecule has 4 rings (SSSR count). The Balaban J connectivity index is 1.24. The van der Waals surface area contributed by atoms with Gasteiger partial charge in [-0.3, -0.25) is 9.69 Å². The molecule has 2 aliphatic carbocycles. The van der Waals surface area contributed by atoms with Gasteiger partial charge in [-0.1, -0.05) is 30.2 Å². The molecule has 2 bridgehead atoms. The molecule has 3 nitrogen and oxygen atoms in total. The van der Waals surface area contributed by atoms with Gasteiger partial charge in [0.1, 0.15) is 0 Å². The van der Waals surface area contributed by atoms with E-state index < -0.39 is 0 Å². The highest BCUT2D eigenvalue weighted by molar-refractivity contribution is 6.30. The summed E-state index contributed by atoms with van der Waals surface area (Å²) in [4.78, 5) is 17.2. The quantitative estimate of drug-likeness (QED) is 0.827. The second-order valence-corrected chi connectivity index (χ2v) is 8.36. The van der Waals surface area contributed by atoms with E-state index in [9.17, 15) is 4.79 Å². The lowest BCUT2D eigenvalue weighted by atomic mass is 9.86. The molecule has 3 atom stereocenters. The van der Waals surface area contributed by atoms with Gasteiger partial charge in [-0.25, -0.2) is 0 Å². The van der Waals surface area contributed by atoms with E-state index in [-0.39, 0.29) is 0 Å². The highest BCUT2D eigenvalue weighted by atomic mass is 35.5. The van der Waals surface area contributed by atoms with Crippen molar-refractivity contribution < 1.29 is 4.79 Å². The van der Waals surface area contributed by atoms with Crippen LogP contribution in [-0.2, 0) is 11.3 Å². The van der Waals surface area contributed by atoms with Crippen molar-refractivity contribution in [2.45, 2.75) is 38.6 Å². The van der Waals surface area contributed by atoms with Gasteiger partial charge in [0.15, 0.2) is 0 Å². The van der Waals surface area contributed by atoms with Crippen LogP contribution in [0.2, 0.25) is 5.02 Å². The molecule has 3 aliphatic rings. The number of nitrogens with zero attached hydrogens (tertiary/aromatic N) is 2. The van der Waals surface area contributed by atoms with E-state index in [0.717, 1.165) is 56.0 Å². The first-order valence-corrected chi connectivity index (χ1v) is 9.80. The molecule has 0 aromatic heterocycles. The number of hydrogen-bond acceptors (Lipinski definition) is 2. The molecule has 24 heavy (non-hydrogen) atoms. The lowest BCUT2D eigenvalue weighted by molar-refractivity contribution is -0.134. The number of benzene rings is 1. The van der Waals surface area contributed by atoms with Crippen LogP contribution in [0.5, 0.6) is 0 Å². The average Bonchev–Trinajstić information content (AvgIpc) is 3.18. The van der Waals surface area contributed by atoms with Crippen molar-refractivity contribution in [1.29, 1.82) is 0 Å². The van der Waals surface area contributed by atoms with Crippen LogP contribution in [-0.4, -0.2) is 41.9 Å². The Bertz CT molecular complexity index is 597. The third-order valence-electron chi connectivity index (χ3n) is 6.34. The second-order valence-electron chi connectivity index (χ2n) is 7.93. The van der Waals surface area contributed by atoms with Crippen LogP contribution in [0.25, 0.3) is 0 Å². The molecule has 1 saturated heterocycles. The molecule has 4 heteroatoms. The van der Waals surface area contributed by atoms with E-state index in [4.69, 9.17) is 11.6 Å². The summed E-state index contributed by atoms with van der Waals surface area (Å²) in [5.41, 5.74) is 1.25. The fourth-order valence-corrected chi connectivity index (χ4v) is 5.24. The summed E-state index contributed by atoms with van der Waals surface area (Å²) in [6.45, 7) is 4.61. The molecule has 1 heterocycles. The number of halogens is 1. The van der Waals surface area contributed by atoms with Crippen LogP contribution in [0.3, 0.4) is 0 Å². The Morgan fingerprint density at radius 2 is 1.96 bits per heavy atom. The summed E-state index contributed by atoms with van der Waals surface area (Å²) in [7, 11) is 0. The molecule has 0 N–H and O–H groups in total. The normalized spacial score (nSPS) is 30.0. The summed E-state index contributed by atoms with van der Waals surface area (Å²) >= 11 is 6.06. The first-order valence-electron chi connectivity index (χ1n) is 9.42. The number of rotatable bonds is 4. The van der Waals surface area contributed by atoms with Crippen molar-refractivity contribution in [3.63, 3.8) is 0 Å². The van der Waals surface area contributed by atoms with Crippen LogP contribution in [0.15, 0.2) is 24.3 Å². The monoisotopic (exact) mass is 346 g/mol. The first-order chi connectivity index (χ1) is 11.7. The molecule has 2 saturated carbocycles. The SMILES string of the molecule is O=C(CC1CC2CCC1C2)N1CCN(Cc2cccc(Cl)c2)CC1. The third-order valence-corrected chi connectivity index (χ3v) is 6.58. The molecule has 3 unspecified atom stereocenters. The largest absolute Gasteiger partial charge is 0.340 e. The maximum atomic E-state index is 12.6. The number of amides is 1. The Morgan fingerprint density at radius 1 is 1.12 bits per heavy atom. The van der Waals surface area contributed by atoms with Gasteiger partial charge in [-0.15, -0.1) is 0 Å². The van der Waals surface area contributed by atoms with E-state index >= 15 is 0 Å². The van der Waals surface area contributed by atoms with Crippen LogP contribution in [0, 0.1) is 17.8 Å². The number of carbonyl (C=O) groups excluding carboxylic acids is 1. The molecule has 1 aromatic rings. The van der Waals surface area contributed by atoms with Crippen molar-refractivity contribution in [2.24, 2.45) is 17.8 Å². The molecule has 130 valence electrons. The molecule has 0 radical (unpaired) electrons. The lowest BCUT2D eigenvalue weighted by Crippen LogP contribution is -2.48. The van der Waals surface area contributed by atoms with Gasteiger partial charge in [0.05, 0.1) is 0 Å². The Morgan fingerprint density at radius 3 is 2.62 bits per heavy atom. The van der Waals surface area contributed by atoms with E-state index in [1.54, 1.807) is 0 Å². The predicted molar refractivity (Wildman–Crippen MR) is 96.9 cm³/mol. The van der Waals surface area contributed by atoms with E-state index in [0.29, 0.717) is 11.8 Å². The van der Waals surface area contributed by atoms with Gasteiger partial charge in [0.2, 0.25) is 5.91 Å². The van der Waals surface area contributed by atoms with Gasteiger partial charge in [-0.05, 0) is 54.7 Å². The third kappa shape index (κ3) is 3.62. The van der Waals surface area contributed by atoms with Gasteiger partial charge in [0, 0.05) is 44.2 Å². The number of carbonyl (C=O) groups is 1. The number of hydrogen-bond donors (Lipinski definition) is 0. The summed E-state index contributed by atoms with van der Waals surface area (Å²) in [5, 5.41) is 0.798. The minimum Gasteiger partial charge on any atom is -0.340 e. The average molecular weight is 347 g/mol. The summed E-state index contributed by atoms with van der Waals surface area (Å²) < 4.78 is 0. The van der Waals surface area contributed by atoms with Crippen LogP contribution in [0.4, 0.5) is 0 Å². The van der Waals surface area contributed by atoms with Gasteiger partial charge < -0.3 is 4.90 Å². The predicted octanol–water partition coefficient (Wildman–Crippen LogP) is 3.81. The fraction of sp³-hybridized carbons (Fsp3) is 0.650. The minimum absolute atomic E-state index is 0.398. The van der Waals surface area contributed by atoms with E-state index in [1.165, 1.54) is 31.2 Å².